The van der Waals surface area contributed by atoms with Crippen LogP contribution in [0.1, 0.15) is 22.3 Å². The van der Waals surface area contributed by atoms with Crippen LogP contribution in [0.2, 0.25) is 0 Å². The van der Waals surface area contributed by atoms with Gasteiger partial charge in [0.2, 0.25) is 19.5 Å². The standard InChI is InChI=1S/C19H13NO5/c21-18-5-11-4-16-17(24-8-23-16)6-12(11)14-3-10-1-2-15-19(25-9-22-15)13(10)7-20(14)18/h1-4,6H,5,7-9H2. The van der Waals surface area contributed by atoms with E-state index in [4.69, 9.17) is 18.9 Å². The normalized spacial score (nSPS) is 18.5. The Morgan fingerprint density at radius 1 is 0.920 bits per heavy atom. The van der Waals surface area contributed by atoms with Crippen LogP contribution >= 0.6 is 0 Å². The first kappa shape index (κ1) is 13.2. The van der Waals surface area contributed by atoms with E-state index in [0.717, 1.165) is 45.2 Å². The van der Waals surface area contributed by atoms with Crippen molar-refractivity contribution in [3.05, 3.63) is 46.5 Å². The lowest BCUT2D eigenvalue weighted by Crippen LogP contribution is -2.36. The van der Waals surface area contributed by atoms with Crippen molar-refractivity contribution < 1.29 is 23.7 Å². The number of ether oxygens (including phenoxy) is 4. The Hall–Kier alpha value is -3.15. The van der Waals surface area contributed by atoms with E-state index >= 15 is 0 Å². The van der Waals surface area contributed by atoms with Gasteiger partial charge in [-0.15, -0.1) is 0 Å². The van der Waals surface area contributed by atoms with Crippen molar-refractivity contribution in [1.82, 2.24) is 4.90 Å². The highest BCUT2D eigenvalue weighted by atomic mass is 16.7. The molecule has 6 nitrogen and oxygen atoms in total. The molecule has 0 fully saturated rings. The smallest absolute Gasteiger partial charge is 0.231 e. The molecule has 0 N–H and O–H groups in total. The summed E-state index contributed by atoms with van der Waals surface area (Å²) in [4.78, 5) is 14.6. The van der Waals surface area contributed by atoms with Gasteiger partial charge in [-0.05, 0) is 35.4 Å². The summed E-state index contributed by atoms with van der Waals surface area (Å²) >= 11 is 0. The fourth-order valence-electron chi connectivity index (χ4n) is 3.88. The Kier molecular flexibility index (Phi) is 2.36. The van der Waals surface area contributed by atoms with Crippen LogP contribution < -0.4 is 18.9 Å². The molecule has 0 aromatic heterocycles. The summed E-state index contributed by atoms with van der Waals surface area (Å²) in [5.74, 6) is 2.99. The average Bonchev–Trinajstić information content (AvgIpc) is 3.27. The van der Waals surface area contributed by atoms with Gasteiger partial charge in [-0.3, -0.25) is 4.79 Å². The van der Waals surface area contributed by atoms with E-state index in [-0.39, 0.29) is 19.5 Å². The Balaban J connectivity index is 1.56. The number of amides is 1. The minimum atomic E-state index is 0.0692. The first-order chi connectivity index (χ1) is 12.3. The lowest BCUT2D eigenvalue weighted by atomic mass is 9.89. The largest absolute Gasteiger partial charge is 0.454 e. The molecular weight excluding hydrogens is 322 g/mol. The summed E-state index contributed by atoms with van der Waals surface area (Å²) in [7, 11) is 0. The van der Waals surface area contributed by atoms with E-state index in [9.17, 15) is 4.79 Å². The molecule has 6 heteroatoms. The minimum Gasteiger partial charge on any atom is -0.454 e. The van der Waals surface area contributed by atoms with Crippen LogP contribution in [-0.4, -0.2) is 24.4 Å². The van der Waals surface area contributed by atoms with Crippen molar-refractivity contribution in [2.45, 2.75) is 13.0 Å². The van der Waals surface area contributed by atoms with Crippen LogP contribution in [0.5, 0.6) is 23.0 Å². The van der Waals surface area contributed by atoms with Gasteiger partial charge in [0.05, 0.1) is 18.7 Å². The van der Waals surface area contributed by atoms with Crippen LogP contribution in [0.4, 0.5) is 0 Å². The van der Waals surface area contributed by atoms with E-state index in [2.05, 4.69) is 0 Å². The van der Waals surface area contributed by atoms with Crippen LogP contribution in [-0.2, 0) is 17.8 Å². The van der Waals surface area contributed by atoms with Gasteiger partial charge in [0.1, 0.15) is 0 Å². The third-order valence-corrected chi connectivity index (χ3v) is 5.09. The molecule has 0 bridgehead atoms. The molecule has 0 spiro atoms. The first-order valence-corrected chi connectivity index (χ1v) is 8.14. The fraction of sp³-hybridized carbons (Fsp3) is 0.211. The maximum absolute atomic E-state index is 12.7. The second-order valence-electron chi connectivity index (χ2n) is 6.42. The Bertz CT molecular complexity index is 994. The van der Waals surface area contributed by atoms with Crippen LogP contribution in [0.25, 0.3) is 11.8 Å². The van der Waals surface area contributed by atoms with Crippen LogP contribution in [0.15, 0.2) is 24.3 Å². The molecule has 4 heterocycles. The third-order valence-electron chi connectivity index (χ3n) is 5.09. The quantitative estimate of drug-likeness (QED) is 0.740. The summed E-state index contributed by atoms with van der Waals surface area (Å²) < 4.78 is 22.0. The number of hydrogen-bond acceptors (Lipinski definition) is 5. The maximum atomic E-state index is 12.7. The number of carbonyl (C=O) groups excluding carboxylic acids is 1. The third kappa shape index (κ3) is 1.71. The molecule has 6 rings (SSSR count). The van der Waals surface area contributed by atoms with Crippen molar-refractivity contribution in [1.29, 1.82) is 0 Å². The molecule has 2 aromatic carbocycles. The SMILES string of the molecule is O=C1Cc2cc3c(cc2C2=Cc4ccc5c(c4CN12)OCO5)OCO3. The molecule has 0 aliphatic carbocycles. The van der Waals surface area contributed by atoms with Crippen molar-refractivity contribution >= 4 is 17.7 Å². The fourth-order valence-corrected chi connectivity index (χ4v) is 3.88. The van der Waals surface area contributed by atoms with Gasteiger partial charge in [-0.2, -0.15) is 0 Å². The summed E-state index contributed by atoms with van der Waals surface area (Å²) in [6, 6.07) is 7.82. The predicted octanol–water partition coefficient (Wildman–Crippen LogP) is 2.54. The van der Waals surface area contributed by atoms with E-state index in [0.29, 0.717) is 18.7 Å². The highest BCUT2D eigenvalue weighted by Crippen LogP contribution is 2.46. The molecular formula is C19H13NO5. The summed E-state index contributed by atoms with van der Waals surface area (Å²) in [5, 5.41) is 0. The molecule has 0 saturated carbocycles. The number of nitrogens with zero attached hydrogens (tertiary/aromatic N) is 1. The summed E-state index contributed by atoms with van der Waals surface area (Å²) in [6.07, 6.45) is 2.39. The summed E-state index contributed by atoms with van der Waals surface area (Å²) in [6.45, 7) is 0.935. The number of benzene rings is 2. The molecule has 0 radical (unpaired) electrons. The molecule has 124 valence electrons. The minimum absolute atomic E-state index is 0.0692. The molecule has 25 heavy (non-hydrogen) atoms. The van der Waals surface area contributed by atoms with Crippen LogP contribution in [0, 0.1) is 0 Å². The number of rotatable bonds is 0. The lowest BCUT2D eigenvalue weighted by Gasteiger charge is -2.35. The molecule has 0 unspecified atom stereocenters. The highest BCUT2D eigenvalue weighted by molar-refractivity contribution is 6.00. The molecule has 4 aliphatic rings. The molecule has 2 aromatic rings. The highest BCUT2D eigenvalue weighted by Gasteiger charge is 2.35. The van der Waals surface area contributed by atoms with E-state index in [1.165, 1.54) is 0 Å². The van der Waals surface area contributed by atoms with Crippen molar-refractivity contribution in [3.8, 4) is 23.0 Å². The van der Waals surface area contributed by atoms with Gasteiger partial charge < -0.3 is 23.8 Å². The van der Waals surface area contributed by atoms with Gasteiger partial charge in [0, 0.05) is 11.1 Å². The zero-order valence-electron chi connectivity index (χ0n) is 13.2. The first-order valence-electron chi connectivity index (χ1n) is 8.14. The van der Waals surface area contributed by atoms with Gasteiger partial charge in [-0.1, -0.05) is 6.07 Å². The second kappa shape index (κ2) is 4.47. The van der Waals surface area contributed by atoms with E-state index in [1.54, 1.807) is 0 Å². The van der Waals surface area contributed by atoms with Gasteiger partial charge >= 0.3 is 0 Å². The van der Waals surface area contributed by atoms with Gasteiger partial charge in [0.25, 0.3) is 0 Å². The molecule has 0 atom stereocenters. The number of fused-ring (bicyclic) bond motifs is 7. The Labute approximate surface area is 143 Å². The molecule has 4 aliphatic heterocycles. The second-order valence-corrected chi connectivity index (χ2v) is 6.42. The number of carbonyl (C=O) groups is 1. The van der Waals surface area contributed by atoms with Crippen molar-refractivity contribution in [2.24, 2.45) is 0 Å². The van der Waals surface area contributed by atoms with E-state index in [1.807, 2.05) is 35.2 Å². The monoisotopic (exact) mass is 335 g/mol. The zero-order chi connectivity index (χ0) is 16.5. The van der Waals surface area contributed by atoms with Gasteiger partial charge in [0.15, 0.2) is 23.0 Å². The summed E-state index contributed by atoms with van der Waals surface area (Å²) in [5.41, 5.74) is 4.94. The molecule has 1 amide bonds. The Morgan fingerprint density at radius 3 is 2.64 bits per heavy atom. The molecule has 0 saturated heterocycles. The van der Waals surface area contributed by atoms with Gasteiger partial charge in [-0.25, -0.2) is 0 Å². The zero-order valence-corrected chi connectivity index (χ0v) is 13.2. The average molecular weight is 335 g/mol. The number of hydrogen-bond donors (Lipinski definition) is 0. The van der Waals surface area contributed by atoms with E-state index < -0.39 is 0 Å². The van der Waals surface area contributed by atoms with Crippen molar-refractivity contribution in [2.75, 3.05) is 13.6 Å². The lowest BCUT2D eigenvalue weighted by molar-refractivity contribution is -0.128. The van der Waals surface area contributed by atoms with Crippen molar-refractivity contribution in [3.63, 3.8) is 0 Å². The van der Waals surface area contributed by atoms with Crippen LogP contribution in [0.3, 0.4) is 0 Å². The maximum Gasteiger partial charge on any atom is 0.231 e. The predicted molar refractivity (Wildman–Crippen MR) is 87.3 cm³/mol. The topological polar surface area (TPSA) is 57.2 Å². The Morgan fingerprint density at radius 2 is 1.72 bits per heavy atom.